The van der Waals surface area contributed by atoms with E-state index in [2.05, 4.69) is 36.3 Å². The molecule has 9 heteroatoms. The van der Waals surface area contributed by atoms with Crippen molar-refractivity contribution in [3.8, 4) is 0 Å². The number of carbonyl (C=O) groups is 3. The van der Waals surface area contributed by atoms with Crippen LogP contribution in [0.2, 0.25) is 0 Å². The van der Waals surface area contributed by atoms with Crippen LogP contribution in [-0.2, 0) is 14.4 Å². The summed E-state index contributed by atoms with van der Waals surface area (Å²) in [6, 6.07) is 6.54. The van der Waals surface area contributed by atoms with E-state index in [-0.39, 0.29) is 35.5 Å². The van der Waals surface area contributed by atoms with Crippen molar-refractivity contribution in [2.24, 2.45) is 17.8 Å². The topological polar surface area (TPSA) is 102 Å². The van der Waals surface area contributed by atoms with Crippen LogP contribution in [-0.4, -0.2) is 76.6 Å². The van der Waals surface area contributed by atoms with Crippen molar-refractivity contribution in [1.82, 2.24) is 10.2 Å². The smallest absolute Gasteiger partial charge is 0.248 e. The molecule has 0 aromatic heterocycles. The standard InChI is InChI=1S/C26H38N4O4S/c1-6-17(14-31)30-22(24(33)28-16-9-11-18(12-10-16)29(7-2)8-3)26-15(4)13-19(35-26)20(23(32)27-5)21(26)25(30)34/h9-12,15,17,19-22,31H,6-8,13-14H2,1-5H3,(H,27,32)(H,28,33)/t15?,17-,19+,20-,21-,22?,26?/m0/s1. The Morgan fingerprint density at radius 3 is 2.40 bits per heavy atom. The van der Waals surface area contributed by atoms with Crippen LogP contribution in [0.15, 0.2) is 24.3 Å². The number of likely N-dealkylation sites (tertiary alicyclic amines) is 1. The number of hydrogen-bond donors (Lipinski definition) is 3. The number of aliphatic hydroxyl groups is 1. The Balaban J connectivity index is 1.70. The molecule has 0 aliphatic carbocycles. The minimum atomic E-state index is -0.751. The monoisotopic (exact) mass is 502 g/mol. The van der Waals surface area contributed by atoms with E-state index in [1.54, 1.807) is 23.7 Å². The second kappa shape index (κ2) is 10.0. The highest BCUT2D eigenvalue weighted by Gasteiger charge is 2.76. The molecule has 0 radical (unpaired) electrons. The first-order valence-corrected chi connectivity index (χ1v) is 13.6. The first-order valence-electron chi connectivity index (χ1n) is 12.8. The summed E-state index contributed by atoms with van der Waals surface area (Å²) in [7, 11) is 1.60. The van der Waals surface area contributed by atoms with Gasteiger partial charge < -0.3 is 25.5 Å². The molecular formula is C26H38N4O4S. The van der Waals surface area contributed by atoms with E-state index in [0.717, 1.165) is 25.2 Å². The summed E-state index contributed by atoms with van der Waals surface area (Å²) in [6.45, 7) is 9.78. The van der Waals surface area contributed by atoms with Crippen LogP contribution < -0.4 is 15.5 Å². The largest absolute Gasteiger partial charge is 0.394 e. The Morgan fingerprint density at radius 1 is 1.20 bits per heavy atom. The van der Waals surface area contributed by atoms with Gasteiger partial charge in [-0.1, -0.05) is 13.8 Å². The van der Waals surface area contributed by atoms with Crippen molar-refractivity contribution in [2.75, 3.05) is 37.0 Å². The van der Waals surface area contributed by atoms with Crippen molar-refractivity contribution in [2.45, 2.75) is 62.6 Å². The Morgan fingerprint density at radius 2 is 1.86 bits per heavy atom. The molecule has 35 heavy (non-hydrogen) atoms. The van der Waals surface area contributed by atoms with Crippen LogP contribution in [0.25, 0.3) is 0 Å². The summed E-state index contributed by atoms with van der Waals surface area (Å²) in [5, 5.41) is 15.9. The van der Waals surface area contributed by atoms with Crippen molar-refractivity contribution < 1.29 is 19.5 Å². The van der Waals surface area contributed by atoms with Gasteiger partial charge >= 0.3 is 0 Å². The van der Waals surface area contributed by atoms with Crippen molar-refractivity contribution in [3.05, 3.63) is 24.3 Å². The number of fused-ring (bicyclic) bond motifs is 1. The van der Waals surface area contributed by atoms with Gasteiger partial charge in [0.2, 0.25) is 17.7 Å². The second-order valence-corrected chi connectivity index (χ2v) is 11.4. The van der Waals surface area contributed by atoms with Crippen LogP contribution in [0.4, 0.5) is 11.4 Å². The molecule has 3 fully saturated rings. The molecule has 3 unspecified atom stereocenters. The quantitative estimate of drug-likeness (QED) is 0.479. The summed E-state index contributed by atoms with van der Waals surface area (Å²) in [5.74, 6) is -1.51. The molecular weight excluding hydrogens is 464 g/mol. The Kier molecular flexibility index (Phi) is 7.38. The van der Waals surface area contributed by atoms with Gasteiger partial charge in [0.25, 0.3) is 0 Å². The molecule has 1 aromatic carbocycles. The zero-order valence-corrected chi connectivity index (χ0v) is 22.1. The predicted octanol–water partition coefficient (Wildman–Crippen LogP) is 2.33. The maximum Gasteiger partial charge on any atom is 0.248 e. The second-order valence-electron chi connectivity index (χ2n) is 9.87. The number of aliphatic hydroxyl groups excluding tert-OH is 1. The zero-order valence-electron chi connectivity index (χ0n) is 21.3. The molecule has 3 amide bonds. The highest BCUT2D eigenvalue weighted by Crippen LogP contribution is 2.68. The summed E-state index contributed by atoms with van der Waals surface area (Å²) < 4.78 is -0.688. The normalized spacial score (nSPS) is 31.9. The molecule has 192 valence electrons. The minimum Gasteiger partial charge on any atom is -0.394 e. The summed E-state index contributed by atoms with van der Waals surface area (Å²) in [5.41, 5.74) is 1.76. The van der Waals surface area contributed by atoms with Gasteiger partial charge in [-0.2, -0.15) is 0 Å². The molecule has 3 heterocycles. The number of anilines is 2. The highest BCUT2D eigenvalue weighted by atomic mass is 32.2. The molecule has 3 aliphatic heterocycles. The molecule has 1 aromatic rings. The summed E-state index contributed by atoms with van der Waals surface area (Å²) in [4.78, 5) is 44.5. The molecule has 8 nitrogen and oxygen atoms in total. The Hall–Kier alpha value is -2.26. The Bertz CT molecular complexity index is 965. The predicted molar refractivity (Wildman–Crippen MR) is 139 cm³/mol. The van der Waals surface area contributed by atoms with E-state index in [0.29, 0.717) is 12.1 Å². The number of carbonyl (C=O) groups excluding carboxylic acids is 3. The minimum absolute atomic E-state index is 0.0129. The van der Waals surface area contributed by atoms with Crippen molar-refractivity contribution in [3.63, 3.8) is 0 Å². The van der Waals surface area contributed by atoms with Gasteiger partial charge in [0.05, 0.1) is 29.2 Å². The fraction of sp³-hybridized carbons (Fsp3) is 0.654. The third-order valence-electron chi connectivity index (χ3n) is 8.32. The van der Waals surface area contributed by atoms with E-state index in [9.17, 15) is 19.5 Å². The van der Waals surface area contributed by atoms with E-state index < -0.39 is 28.7 Å². The van der Waals surface area contributed by atoms with E-state index in [1.807, 2.05) is 31.2 Å². The summed E-state index contributed by atoms with van der Waals surface area (Å²) in [6.07, 6.45) is 1.32. The number of thioether (sulfide) groups is 1. The molecule has 1 spiro atoms. The van der Waals surface area contributed by atoms with Gasteiger partial charge in [-0.15, -0.1) is 11.8 Å². The number of amides is 3. The molecule has 3 saturated heterocycles. The lowest BCUT2D eigenvalue weighted by atomic mass is 9.66. The first kappa shape index (κ1) is 25.8. The van der Waals surface area contributed by atoms with E-state index >= 15 is 0 Å². The summed E-state index contributed by atoms with van der Waals surface area (Å²) >= 11 is 1.64. The molecule has 0 saturated carbocycles. The van der Waals surface area contributed by atoms with Gasteiger partial charge in [-0.05, 0) is 56.9 Å². The van der Waals surface area contributed by atoms with Gasteiger partial charge in [0, 0.05) is 36.8 Å². The number of hydrogen-bond acceptors (Lipinski definition) is 6. The molecule has 3 aliphatic rings. The average Bonchev–Trinajstić information content (AvgIpc) is 3.45. The Labute approximate surface area is 212 Å². The lowest BCUT2D eigenvalue weighted by Crippen LogP contribution is -2.57. The van der Waals surface area contributed by atoms with Crippen LogP contribution in [0.5, 0.6) is 0 Å². The fourth-order valence-corrected chi connectivity index (χ4v) is 9.00. The average molecular weight is 503 g/mol. The fourth-order valence-electron chi connectivity index (χ4n) is 6.59. The number of nitrogens with zero attached hydrogens (tertiary/aromatic N) is 2. The number of nitrogens with one attached hydrogen (secondary N) is 2. The molecule has 7 atom stereocenters. The van der Waals surface area contributed by atoms with Crippen LogP contribution in [0.1, 0.15) is 40.5 Å². The third-order valence-corrected chi connectivity index (χ3v) is 10.4. The van der Waals surface area contributed by atoms with Crippen LogP contribution in [0.3, 0.4) is 0 Å². The van der Waals surface area contributed by atoms with E-state index in [4.69, 9.17) is 0 Å². The highest BCUT2D eigenvalue weighted by molar-refractivity contribution is 8.02. The maximum atomic E-state index is 13.9. The third kappa shape index (κ3) is 3.91. The maximum absolute atomic E-state index is 13.9. The van der Waals surface area contributed by atoms with Crippen LogP contribution >= 0.6 is 11.8 Å². The van der Waals surface area contributed by atoms with E-state index in [1.165, 1.54) is 0 Å². The van der Waals surface area contributed by atoms with Gasteiger partial charge in [-0.3, -0.25) is 14.4 Å². The van der Waals surface area contributed by atoms with Crippen molar-refractivity contribution in [1.29, 1.82) is 0 Å². The molecule has 4 rings (SSSR count). The lowest BCUT2D eigenvalue weighted by molar-refractivity contribution is -0.142. The molecule has 2 bridgehead atoms. The zero-order chi connectivity index (χ0) is 25.5. The number of rotatable bonds is 9. The van der Waals surface area contributed by atoms with Gasteiger partial charge in [0.1, 0.15) is 6.04 Å². The van der Waals surface area contributed by atoms with Gasteiger partial charge in [0.15, 0.2) is 0 Å². The first-order chi connectivity index (χ1) is 16.8. The number of benzene rings is 1. The van der Waals surface area contributed by atoms with Crippen molar-refractivity contribution >= 4 is 40.9 Å². The lowest BCUT2D eigenvalue weighted by Gasteiger charge is -2.40. The van der Waals surface area contributed by atoms with Gasteiger partial charge in [-0.25, -0.2) is 0 Å². The SMILES string of the molecule is CC[C@@H](CO)N1C(=O)[C@@H]2[C@@H](C(=O)NC)[C@H]3CC(C)C2(S3)C1C(=O)Nc1ccc(N(CC)CC)cc1. The van der Waals surface area contributed by atoms with Crippen LogP contribution in [0, 0.1) is 17.8 Å². The molecule has 3 N–H and O–H groups in total.